The first kappa shape index (κ1) is 15.5. The standard InChI is InChI=1S/C19H26N4O/c1-19-9-8-14-13-5-3-12(24)10-11(13)2-4-15(14)16(19)6-7-17(19)22-23-18(20)21/h3,5,10,14-16,24H,2,4,6-9H2,1H3,(H4,20,21,23)/p+1/b22-17-/t14-,15+,16+,19+/m1/s1. The summed E-state index contributed by atoms with van der Waals surface area (Å²) in [5.74, 6) is 2.58. The molecule has 128 valence electrons. The van der Waals surface area contributed by atoms with Gasteiger partial charge in [-0.15, -0.1) is 5.10 Å². The van der Waals surface area contributed by atoms with Gasteiger partial charge in [0.05, 0.1) is 5.71 Å². The van der Waals surface area contributed by atoms with E-state index in [9.17, 15) is 5.11 Å². The average molecular weight is 327 g/mol. The van der Waals surface area contributed by atoms with E-state index < -0.39 is 0 Å². The number of nitrogens with zero attached hydrogens (tertiary/aromatic N) is 1. The first-order valence-electron chi connectivity index (χ1n) is 9.02. The summed E-state index contributed by atoms with van der Waals surface area (Å²) >= 11 is 0. The zero-order valence-corrected chi connectivity index (χ0v) is 14.3. The highest BCUT2D eigenvalue weighted by atomic mass is 16.3. The second kappa shape index (κ2) is 5.50. The van der Waals surface area contributed by atoms with Gasteiger partial charge in [-0.25, -0.2) is 0 Å². The molecule has 4 atom stereocenters. The van der Waals surface area contributed by atoms with Gasteiger partial charge in [-0.05, 0) is 79.5 Å². The highest BCUT2D eigenvalue weighted by Crippen LogP contribution is 2.59. The van der Waals surface area contributed by atoms with Crippen LogP contribution in [0.2, 0.25) is 0 Å². The average Bonchev–Trinajstić information content (AvgIpc) is 2.89. The maximum absolute atomic E-state index is 9.77. The Kier molecular flexibility index (Phi) is 3.55. The van der Waals surface area contributed by atoms with Crippen LogP contribution in [0.1, 0.15) is 56.1 Å². The number of aromatic hydroxyl groups is 1. The molecule has 24 heavy (non-hydrogen) atoms. The minimum atomic E-state index is 0.162. The van der Waals surface area contributed by atoms with Gasteiger partial charge in [0, 0.05) is 5.41 Å². The van der Waals surface area contributed by atoms with Crippen LogP contribution in [-0.4, -0.2) is 16.8 Å². The number of hydrogen-bond donors (Lipinski definition) is 4. The van der Waals surface area contributed by atoms with E-state index in [-0.39, 0.29) is 11.4 Å². The highest BCUT2D eigenvalue weighted by Gasteiger charge is 2.53. The minimum Gasteiger partial charge on any atom is -0.508 e. The quantitative estimate of drug-likeness (QED) is 0.351. The molecule has 2 saturated carbocycles. The Morgan fingerprint density at radius 1 is 1.25 bits per heavy atom. The van der Waals surface area contributed by atoms with Crippen LogP contribution in [0.25, 0.3) is 0 Å². The van der Waals surface area contributed by atoms with Gasteiger partial charge in [-0.2, -0.15) is 5.10 Å². The predicted octanol–water partition coefficient (Wildman–Crippen LogP) is 0.958. The lowest BCUT2D eigenvalue weighted by Gasteiger charge is -2.48. The fourth-order valence-corrected chi connectivity index (χ4v) is 5.67. The molecular formula is C19H27N4O+. The van der Waals surface area contributed by atoms with Crippen molar-refractivity contribution in [1.29, 1.82) is 0 Å². The number of hydrogen-bond acceptors (Lipinski definition) is 2. The van der Waals surface area contributed by atoms with Crippen molar-refractivity contribution in [3.63, 3.8) is 0 Å². The molecule has 4 rings (SSSR count). The third-order valence-corrected chi connectivity index (χ3v) is 6.77. The fourth-order valence-electron chi connectivity index (χ4n) is 5.67. The molecule has 0 heterocycles. The monoisotopic (exact) mass is 327 g/mol. The number of guanidine groups is 1. The Bertz CT molecular complexity index is 722. The number of benzene rings is 1. The lowest BCUT2D eigenvalue weighted by atomic mass is 9.55. The Balaban J connectivity index is 1.66. The molecule has 5 heteroatoms. The van der Waals surface area contributed by atoms with E-state index in [4.69, 9.17) is 11.5 Å². The van der Waals surface area contributed by atoms with E-state index in [1.54, 1.807) is 0 Å². The molecule has 0 aromatic heterocycles. The Hall–Kier alpha value is -2.04. The normalized spacial score (nSPS) is 35.9. The van der Waals surface area contributed by atoms with Gasteiger partial charge in [0.15, 0.2) is 0 Å². The highest BCUT2D eigenvalue weighted by molar-refractivity contribution is 5.92. The summed E-state index contributed by atoms with van der Waals surface area (Å²) in [5.41, 5.74) is 15.2. The predicted molar refractivity (Wildman–Crippen MR) is 94.5 cm³/mol. The molecule has 3 aliphatic carbocycles. The molecule has 1 aromatic rings. The zero-order chi connectivity index (χ0) is 16.9. The summed E-state index contributed by atoms with van der Waals surface area (Å²) in [6.45, 7) is 2.38. The largest absolute Gasteiger partial charge is 0.508 e. The maximum atomic E-state index is 9.77. The first-order valence-corrected chi connectivity index (χ1v) is 9.02. The third-order valence-electron chi connectivity index (χ3n) is 6.77. The lowest BCUT2D eigenvalue weighted by Crippen LogP contribution is -2.73. The van der Waals surface area contributed by atoms with E-state index in [1.165, 1.54) is 36.1 Å². The minimum absolute atomic E-state index is 0.162. The molecule has 5 nitrogen and oxygen atoms in total. The Morgan fingerprint density at radius 3 is 2.88 bits per heavy atom. The van der Waals surface area contributed by atoms with Crippen molar-refractivity contribution in [2.75, 3.05) is 0 Å². The zero-order valence-electron chi connectivity index (χ0n) is 14.3. The SMILES string of the molecule is C[C@]12CC[C@@H]3c4ccc(O)cc4CC[C@@H]3[C@@H]1CC/C2=N/[NH+]=C(N)N. The Morgan fingerprint density at radius 2 is 2.08 bits per heavy atom. The number of hydrazone groups is 1. The van der Waals surface area contributed by atoms with Crippen LogP contribution in [-0.2, 0) is 6.42 Å². The van der Waals surface area contributed by atoms with Crippen molar-refractivity contribution in [3.8, 4) is 5.75 Å². The number of phenolic OH excluding ortho intramolecular Hbond substituents is 1. The van der Waals surface area contributed by atoms with Gasteiger partial charge in [0.1, 0.15) is 5.75 Å². The molecule has 6 N–H and O–H groups in total. The van der Waals surface area contributed by atoms with Crippen LogP contribution < -0.4 is 16.6 Å². The molecule has 0 aliphatic heterocycles. The van der Waals surface area contributed by atoms with Crippen LogP contribution in [0.4, 0.5) is 0 Å². The number of nitrogens with one attached hydrogen (secondary N) is 1. The van der Waals surface area contributed by atoms with Crippen LogP contribution in [0, 0.1) is 17.3 Å². The van der Waals surface area contributed by atoms with E-state index in [2.05, 4.69) is 23.2 Å². The van der Waals surface area contributed by atoms with E-state index in [0.29, 0.717) is 23.5 Å². The number of rotatable bonds is 1. The van der Waals surface area contributed by atoms with Gasteiger partial charge < -0.3 is 5.11 Å². The summed E-state index contributed by atoms with van der Waals surface area (Å²) in [6, 6.07) is 5.96. The number of nitrogens with two attached hydrogens (primary N) is 2. The van der Waals surface area contributed by atoms with Crippen LogP contribution >= 0.6 is 0 Å². The van der Waals surface area contributed by atoms with E-state index in [0.717, 1.165) is 19.3 Å². The van der Waals surface area contributed by atoms with Gasteiger partial charge in [-0.1, -0.05) is 13.0 Å². The second-order valence-electron chi connectivity index (χ2n) is 7.92. The molecule has 2 fully saturated rings. The summed E-state index contributed by atoms with van der Waals surface area (Å²) in [6.07, 6.45) is 6.88. The van der Waals surface area contributed by atoms with Gasteiger partial charge in [-0.3, -0.25) is 11.5 Å². The summed E-state index contributed by atoms with van der Waals surface area (Å²) < 4.78 is 0. The third kappa shape index (κ3) is 2.29. The van der Waals surface area contributed by atoms with Crippen molar-refractivity contribution >= 4 is 11.7 Å². The molecule has 0 radical (unpaired) electrons. The smallest absolute Gasteiger partial charge is 0.362 e. The van der Waals surface area contributed by atoms with Gasteiger partial charge in [0.25, 0.3) is 0 Å². The summed E-state index contributed by atoms with van der Waals surface area (Å²) in [4.78, 5) is 0. The van der Waals surface area contributed by atoms with Crippen LogP contribution in [0.5, 0.6) is 5.75 Å². The van der Waals surface area contributed by atoms with Crippen molar-refractivity contribution in [2.45, 2.75) is 51.4 Å². The lowest BCUT2D eigenvalue weighted by molar-refractivity contribution is -0.465. The number of aryl methyl sites for hydroxylation is 1. The van der Waals surface area contributed by atoms with Crippen molar-refractivity contribution in [2.24, 2.45) is 33.8 Å². The second-order valence-corrected chi connectivity index (χ2v) is 7.92. The number of phenols is 1. The number of fused-ring (bicyclic) bond motifs is 5. The van der Waals surface area contributed by atoms with Gasteiger partial charge in [0.2, 0.25) is 0 Å². The molecule has 3 aliphatic rings. The molecule has 0 unspecified atom stereocenters. The van der Waals surface area contributed by atoms with E-state index >= 15 is 0 Å². The summed E-state index contributed by atoms with van der Waals surface area (Å²) in [5, 5.41) is 17.1. The Labute approximate surface area is 142 Å². The molecule has 0 amide bonds. The molecule has 1 aromatic carbocycles. The molecule has 0 bridgehead atoms. The molecule has 0 saturated heterocycles. The molecule has 0 spiro atoms. The first-order chi connectivity index (χ1) is 11.5. The fraction of sp³-hybridized carbons (Fsp3) is 0.579. The van der Waals surface area contributed by atoms with Gasteiger partial charge >= 0.3 is 5.96 Å². The van der Waals surface area contributed by atoms with E-state index in [1.807, 2.05) is 12.1 Å². The molecular weight excluding hydrogens is 300 g/mol. The van der Waals surface area contributed by atoms with Crippen molar-refractivity contribution < 1.29 is 10.2 Å². The topological polar surface area (TPSA) is 98.6 Å². The van der Waals surface area contributed by atoms with Crippen molar-refractivity contribution in [1.82, 2.24) is 0 Å². The van der Waals surface area contributed by atoms with Crippen molar-refractivity contribution in [3.05, 3.63) is 29.3 Å². The maximum Gasteiger partial charge on any atom is 0.362 e. The summed E-state index contributed by atoms with van der Waals surface area (Å²) in [7, 11) is 0. The van der Waals surface area contributed by atoms with Crippen LogP contribution in [0.15, 0.2) is 23.3 Å². The van der Waals surface area contributed by atoms with Crippen LogP contribution in [0.3, 0.4) is 0 Å².